The maximum atomic E-state index is 14.6. The number of hydrogen-bond donors (Lipinski definition) is 2. The number of rotatable bonds is 19. The predicted molar refractivity (Wildman–Crippen MR) is 346 cm³/mol. The van der Waals surface area contributed by atoms with Crippen molar-refractivity contribution in [2.45, 2.75) is 82.4 Å². The summed E-state index contributed by atoms with van der Waals surface area (Å²) >= 11 is 6.31. The van der Waals surface area contributed by atoms with E-state index in [4.69, 9.17) is 35.9 Å². The zero-order valence-electron chi connectivity index (χ0n) is 50.2. The van der Waals surface area contributed by atoms with Gasteiger partial charge in [-0.2, -0.15) is 5.10 Å². The monoisotopic (exact) mass is 1240 g/mol. The Morgan fingerprint density at radius 1 is 0.898 bits per heavy atom. The number of hydrogen-bond acceptors (Lipinski definition) is 14. The van der Waals surface area contributed by atoms with Crippen LogP contribution < -0.4 is 14.9 Å². The summed E-state index contributed by atoms with van der Waals surface area (Å²) in [5.74, 6) is -1.08. The number of ether oxygens (including phenoxy) is 3. The standard InChI is InChI=1S/C66H73ClN10O9SSi/c1-66(2)24-22-46(56(37-66)44-14-16-47(67)17-15-44)40-72-26-28-73(29-27-72)48-18-20-55(60(35-48)76-61-34-45-23-25-75(43-84-32-33-88(3,4)5)63(45)70-59(61)39-69-76)64(78)71-87(82,83)50-19-21-58(62(36-50)77(80)81)68-38-49-41-74(30-31-85-49)65(79)86-42-57-53-12-8-6-10-51(53)52-11-7-9-13-54(52)57/h6-21,23,25,34-36,39,49,57,68H,22,24,26-33,37-38,40-43H2,1-5H3,(H,71,78). The van der Waals surface area contributed by atoms with Crippen molar-refractivity contribution in [1.82, 2.24) is 33.9 Å². The van der Waals surface area contributed by atoms with Crippen molar-refractivity contribution in [2.75, 3.05) is 82.4 Å². The second-order valence-corrected chi connectivity index (χ2v) is 33.1. The van der Waals surface area contributed by atoms with Gasteiger partial charge in [-0.15, -0.1) is 0 Å². The molecule has 1 unspecified atom stereocenters. The fraction of sp³-hybridized carbons (Fsp3) is 0.364. The number of benzene rings is 5. The van der Waals surface area contributed by atoms with Crippen LogP contribution >= 0.6 is 11.6 Å². The zero-order valence-corrected chi connectivity index (χ0v) is 52.8. The number of sulfonamides is 1. The van der Waals surface area contributed by atoms with Crippen molar-refractivity contribution < 1.29 is 37.1 Å². The van der Waals surface area contributed by atoms with E-state index in [1.165, 1.54) is 28.8 Å². The largest absolute Gasteiger partial charge is 0.448 e. The number of anilines is 2. The molecule has 22 heteroatoms. The number of piperazine rings is 1. The molecule has 2 N–H and O–H groups in total. The predicted octanol–water partition coefficient (Wildman–Crippen LogP) is 12.2. The maximum absolute atomic E-state index is 14.6. The normalized spacial score (nSPS) is 17.3. The minimum absolute atomic E-state index is 0.00119. The van der Waals surface area contributed by atoms with Crippen LogP contribution in [0.5, 0.6) is 0 Å². The molecule has 1 atom stereocenters. The molecule has 19 nitrogen and oxygen atoms in total. The first-order chi connectivity index (χ1) is 42.2. The number of carbonyl (C=O) groups excluding carboxylic acids is 2. The molecular formula is C66H73ClN10O9SSi. The molecule has 458 valence electrons. The molecule has 8 aromatic rings. The summed E-state index contributed by atoms with van der Waals surface area (Å²) < 4.78 is 52.3. The Kier molecular flexibility index (Phi) is 17.1. The molecule has 88 heavy (non-hydrogen) atoms. The molecule has 0 spiro atoms. The van der Waals surface area contributed by atoms with Gasteiger partial charge in [-0.05, 0) is 119 Å². The van der Waals surface area contributed by atoms with Gasteiger partial charge in [0, 0.05) is 94.8 Å². The molecule has 2 fully saturated rings. The Hall–Kier alpha value is -7.92. The molecule has 3 aromatic heterocycles. The van der Waals surface area contributed by atoms with E-state index >= 15 is 0 Å². The Morgan fingerprint density at radius 2 is 1.64 bits per heavy atom. The highest BCUT2D eigenvalue weighted by atomic mass is 35.5. The highest BCUT2D eigenvalue weighted by Crippen LogP contribution is 2.46. The van der Waals surface area contributed by atoms with Crippen LogP contribution in [0.4, 0.5) is 21.9 Å². The average molecular weight is 1250 g/mol. The lowest BCUT2D eigenvalue weighted by Crippen LogP contribution is -2.48. The number of nitrogens with zero attached hydrogens (tertiary/aromatic N) is 8. The van der Waals surface area contributed by atoms with Crippen LogP contribution in [0.15, 0.2) is 144 Å². The minimum Gasteiger partial charge on any atom is -0.448 e. The van der Waals surface area contributed by atoms with Crippen molar-refractivity contribution in [3.8, 4) is 16.8 Å². The molecule has 5 heterocycles. The van der Waals surface area contributed by atoms with Crippen molar-refractivity contribution in [2.24, 2.45) is 5.41 Å². The Labute approximate surface area is 518 Å². The van der Waals surface area contributed by atoms with E-state index in [1.807, 2.05) is 71.4 Å². The highest BCUT2D eigenvalue weighted by molar-refractivity contribution is 7.90. The summed E-state index contributed by atoms with van der Waals surface area (Å²) in [6.45, 7) is 17.3. The van der Waals surface area contributed by atoms with Crippen LogP contribution in [0.3, 0.4) is 0 Å². The number of nitrogens with one attached hydrogen (secondary N) is 2. The molecule has 12 rings (SSSR count). The third kappa shape index (κ3) is 13.1. The van der Waals surface area contributed by atoms with Gasteiger partial charge in [-0.25, -0.2) is 27.6 Å². The third-order valence-corrected chi connectivity index (χ3v) is 20.7. The number of amides is 2. The first kappa shape index (κ1) is 60.4. The van der Waals surface area contributed by atoms with Crippen LogP contribution in [0.25, 0.3) is 44.5 Å². The van der Waals surface area contributed by atoms with E-state index in [0.29, 0.717) is 60.4 Å². The fourth-order valence-electron chi connectivity index (χ4n) is 12.5. The van der Waals surface area contributed by atoms with E-state index in [0.717, 1.165) is 84.3 Å². The lowest BCUT2D eigenvalue weighted by Gasteiger charge is -2.39. The number of nitro groups is 1. The number of allylic oxidation sites excluding steroid dienone is 1. The van der Waals surface area contributed by atoms with E-state index < -0.39 is 51.7 Å². The average Bonchev–Trinajstić information content (AvgIpc) is 2.10. The molecule has 0 saturated carbocycles. The van der Waals surface area contributed by atoms with Crippen LogP contribution in [0.2, 0.25) is 30.7 Å². The summed E-state index contributed by atoms with van der Waals surface area (Å²) in [7, 11) is -6.02. The third-order valence-electron chi connectivity index (χ3n) is 17.4. The summed E-state index contributed by atoms with van der Waals surface area (Å²) in [5, 5.41) is 22.0. The van der Waals surface area contributed by atoms with E-state index in [1.54, 1.807) is 21.8 Å². The number of aromatic nitrogens is 4. The number of morpholine rings is 1. The molecule has 4 aliphatic rings. The van der Waals surface area contributed by atoms with Gasteiger partial charge in [0.15, 0.2) is 0 Å². The van der Waals surface area contributed by atoms with Crippen molar-refractivity contribution >= 4 is 86.4 Å². The van der Waals surface area contributed by atoms with Gasteiger partial charge in [0.1, 0.15) is 30.2 Å². The van der Waals surface area contributed by atoms with E-state index in [-0.39, 0.29) is 48.9 Å². The number of halogens is 1. The van der Waals surface area contributed by atoms with E-state index in [2.05, 4.69) is 89.7 Å². The summed E-state index contributed by atoms with van der Waals surface area (Å²) in [4.78, 5) is 50.9. The topological polar surface area (TPSA) is 209 Å². The van der Waals surface area contributed by atoms with Crippen LogP contribution in [-0.2, 0) is 31.0 Å². The van der Waals surface area contributed by atoms with Gasteiger partial charge in [-0.1, -0.05) is 111 Å². The van der Waals surface area contributed by atoms with Crippen molar-refractivity contribution in [3.05, 3.63) is 177 Å². The smallest absolute Gasteiger partial charge is 0.409 e. The molecule has 2 aliphatic carbocycles. The van der Waals surface area contributed by atoms with Gasteiger partial charge in [0.2, 0.25) is 0 Å². The number of fused-ring (bicyclic) bond motifs is 5. The zero-order chi connectivity index (χ0) is 61.5. The van der Waals surface area contributed by atoms with Crippen LogP contribution in [0.1, 0.15) is 66.1 Å². The first-order valence-corrected chi connectivity index (χ1v) is 35.6. The summed E-state index contributed by atoms with van der Waals surface area (Å²) in [5.41, 5.74) is 11.2. The SMILES string of the molecule is CC1(C)CCC(CN2CCN(c3ccc(C(=O)NS(=O)(=O)c4ccc(NCC5CN(C(=O)OCC6c7ccccc7-c7ccccc76)CCO5)c([N+](=O)[O-])c4)c(-n4ncc5nc6c(ccn6COCC[Si](C)(C)C)cc54)c3)CC2)=C(c2ccc(Cl)cc2)C1. The van der Waals surface area contributed by atoms with Crippen LogP contribution in [-0.4, -0.2) is 141 Å². The maximum Gasteiger partial charge on any atom is 0.409 e. The molecule has 2 amide bonds. The number of nitro benzene ring substituents is 1. The Bertz CT molecular complexity index is 4070. The van der Waals surface area contributed by atoms with Gasteiger partial charge >= 0.3 is 6.09 Å². The number of carbonyl (C=O) groups is 2. The molecule has 0 bridgehead atoms. The fourth-order valence-corrected chi connectivity index (χ4v) is 14.4. The molecule has 2 aliphatic heterocycles. The van der Waals surface area contributed by atoms with Gasteiger partial charge in [-0.3, -0.25) is 19.8 Å². The molecule has 2 saturated heterocycles. The van der Waals surface area contributed by atoms with Gasteiger partial charge < -0.3 is 33.9 Å². The molecule has 5 aromatic carbocycles. The van der Waals surface area contributed by atoms with Crippen molar-refractivity contribution in [1.29, 1.82) is 0 Å². The highest BCUT2D eigenvalue weighted by Gasteiger charge is 2.34. The Balaban J connectivity index is 0.755. The quantitative estimate of drug-likeness (QED) is 0.0334. The number of pyridine rings is 1. The second-order valence-electron chi connectivity index (χ2n) is 25.4. The first-order valence-electron chi connectivity index (χ1n) is 30.1. The Morgan fingerprint density at radius 3 is 2.36 bits per heavy atom. The minimum atomic E-state index is -4.72. The van der Waals surface area contributed by atoms with Gasteiger partial charge in [0.05, 0.1) is 52.0 Å². The summed E-state index contributed by atoms with van der Waals surface area (Å²) in [6, 6.07) is 38.0. The molecular weight excluding hydrogens is 1170 g/mol. The lowest BCUT2D eigenvalue weighted by atomic mass is 9.72. The van der Waals surface area contributed by atoms with Crippen molar-refractivity contribution in [3.63, 3.8) is 0 Å². The molecule has 0 radical (unpaired) electrons. The van der Waals surface area contributed by atoms with Crippen LogP contribution in [0, 0.1) is 15.5 Å². The van der Waals surface area contributed by atoms with Gasteiger partial charge in [0.25, 0.3) is 21.6 Å². The van der Waals surface area contributed by atoms with E-state index in [9.17, 15) is 28.1 Å². The lowest BCUT2D eigenvalue weighted by molar-refractivity contribution is -0.384. The second kappa shape index (κ2) is 24.9. The summed E-state index contributed by atoms with van der Waals surface area (Å²) in [6.07, 6.45) is 5.61.